The summed E-state index contributed by atoms with van der Waals surface area (Å²) in [5.74, 6) is 2.88. The van der Waals surface area contributed by atoms with Crippen molar-refractivity contribution in [3.05, 3.63) is 21.8 Å². The van der Waals surface area contributed by atoms with Gasteiger partial charge in [-0.1, -0.05) is 13.8 Å². The maximum atomic E-state index is 6.06. The monoisotopic (exact) mass is 358 g/mol. The Kier molecular flexibility index (Phi) is 3.09. The first-order valence-corrected chi connectivity index (χ1v) is 9.70. The zero-order valence-corrected chi connectivity index (χ0v) is 15.8. The molecule has 0 amide bonds. The van der Waals surface area contributed by atoms with Gasteiger partial charge in [-0.25, -0.2) is 0 Å². The zero-order valence-electron chi connectivity index (χ0n) is 15.0. The third-order valence-corrected chi connectivity index (χ3v) is 6.40. The molecule has 0 bridgehead atoms. The Morgan fingerprint density at radius 3 is 2.88 bits per heavy atom. The number of hydrogen-bond donors (Lipinski definition) is 1. The lowest BCUT2D eigenvalue weighted by Crippen LogP contribution is -2.40. The minimum atomic E-state index is -0.138. The van der Waals surface area contributed by atoms with E-state index in [9.17, 15) is 0 Å². The lowest BCUT2D eigenvalue weighted by atomic mass is 9.91. The van der Waals surface area contributed by atoms with Crippen molar-refractivity contribution in [3.8, 4) is 5.00 Å². The van der Waals surface area contributed by atoms with Crippen LogP contribution >= 0.6 is 11.3 Å². The molecule has 0 radical (unpaired) electrons. The Bertz CT molecular complexity index is 895. The van der Waals surface area contributed by atoms with E-state index in [0.717, 1.165) is 36.9 Å². The zero-order chi connectivity index (χ0) is 17.3. The summed E-state index contributed by atoms with van der Waals surface area (Å²) in [4.78, 5) is 3.53. The smallest absolute Gasteiger partial charge is 0.240 e. The van der Waals surface area contributed by atoms with Crippen LogP contribution in [0.2, 0.25) is 0 Å². The molecule has 0 fully saturated rings. The third-order valence-electron chi connectivity index (χ3n) is 5.20. The minimum Gasteiger partial charge on any atom is -0.370 e. The summed E-state index contributed by atoms with van der Waals surface area (Å²) < 4.78 is 8.28. The molecule has 132 valence electrons. The van der Waals surface area contributed by atoms with Gasteiger partial charge in [-0.3, -0.25) is 14.9 Å². The van der Waals surface area contributed by atoms with E-state index >= 15 is 0 Å². The molecule has 3 aliphatic heterocycles. The van der Waals surface area contributed by atoms with E-state index < -0.39 is 0 Å². The highest BCUT2D eigenvalue weighted by Gasteiger charge is 2.44. The predicted octanol–water partition coefficient (Wildman–Crippen LogP) is 2.89. The summed E-state index contributed by atoms with van der Waals surface area (Å²) >= 11 is 1.81. The summed E-state index contributed by atoms with van der Waals surface area (Å²) in [5, 5.41) is 14.7. The van der Waals surface area contributed by atoms with Gasteiger partial charge in [-0.2, -0.15) is 5.10 Å². The topological polar surface area (TPSA) is 67.6 Å². The lowest BCUT2D eigenvalue weighted by Gasteiger charge is -2.34. The van der Waals surface area contributed by atoms with Gasteiger partial charge in [0.1, 0.15) is 16.7 Å². The molecule has 0 aliphatic carbocycles. The normalized spacial score (nSPS) is 22.6. The summed E-state index contributed by atoms with van der Waals surface area (Å²) in [6, 6.07) is 0. The highest BCUT2D eigenvalue weighted by atomic mass is 32.1. The summed E-state index contributed by atoms with van der Waals surface area (Å²) in [6.07, 6.45) is 2.64. The number of aromatic nitrogens is 3. The molecule has 1 unspecified atom stereocenters. The molecule has 3 aliphatic rings. The lowest BCUT2D eigenvalue weighted by molar-refractivity contribution is -0.0385. The number of thiophene rings is 1. The van der Waals surface area contributed by atoms with Crippen molar-refractivity contribution in [2.45, 2.75) is 65.3 Å². The number of hydrogen-bond acceptors (Lipinski definition) is 7. The minimum absolute atomic E-state index is 0.0141. The van der Waals surface area contributed by atoms with E-state index in [1.54, 1.807) is 0 Å². The molecular weight excluding hydrogens is 336 g/mol. The van der Waals surface area contributed by atoms with Gasteiger partial charge in [0.05, 0.1) is 12.2 Å². The predicted molar refractivity (Wildman–Crippen MR) is 97.3 cm³/mol. The Labute approximate surface area is 150 Å². The van der Waals surface area contributed by atoms with Crippen molar-refractivity contribution < 1.29 is 4.74 Å². The molecule has 0 spiro atoms. The average molecular weight is 358 g/mol. The molecule has 5 heterocycles. The van der Waals surface area contributed by atoms with Crippen molar-refractivity contribution in [2.24, 2.45) is 5.10 Å². The van der Waals surface area contributed by atoms with Gasteiger partial charge in [0.15, 0.2) is 6.17 Å². The number of aryl methyl sites for hydroxylation is 1. The average Bonchev–Trinajstić information content (AvgIpc) is 3.26. The fourth-order valence-electron chi connectivity index (χ4n) is 3.98. The Morgan fingerprint density at radius 2 is 2.12 bits per heavy atom. The quantitative estimate of drug-likeness (QED) is 0.894. The van der Waals surface area contributed by atoms with Crippen molar-refractivity contribution in [2.75, 3.05) is 4.90 Å². The van der Waals surface area contributed by atoms with Gasteiger partial charge in [0.25, 0.3) is 0 Å². The van der Waals surface area contributed by atoms with Crippen LogP contribution in [-0.2, 0) is 24.2 Å². The number of nitrogens with one attached hydrogen (secondary N) is 1. The maximum absolute atomic E-state index is 6.06. The second kappa shape index (κ2) is 5.04. The largest absolute Gasteiger partial charge is 0.370 e. The summed E-state index contributed by atoms with van der Waals surface area (Å²) in [5.41, 5.74) is 5.94. The van der Waals surface area contributed by atoms with Gasteiger partial charge >= 0.3 is 0 Å². The maximum Gasteiger partial charge on any atom is 0.240 e. The molecule has 5 rings (SSSR count). The fourth-order valence-corrected chi connectivity index (χ4v) is 5.26. The van der Waals surface area contributed by atoms with Crippen molar-refractivity contribution in [1.29, 1.82) is 0 Å². The van der Waals surface area contributed by atoms with Crippen LogP contribution in [-0.4, -0.2) is 26.2 Å². The Balaban J connectivity index is 1.76. The number of nitrogens with zero attached hydrogens (tertiary/aromatic N) is 5. The molecule has 0 aromatic carbocycles. The van der Waals surface area contributed by atoms with Gasteiger partial charge < -0.3 is 4.74 Å². The van der Waals surface area contributed by atoms with Gasteiger partial charge in [-0.05, 0) is 19.4 Å². The van der Waals surface area contributed by atoms with Crippen molar-refractivity contribution in [1.82, 2.24) is 20.2 Å². The molecule has 0 saturated carbocycles. The second-order valence-electron chi connectivity index (χ2n) is 7.34. The van der Waals surface area contributed by atoms with Crippen LogP contribution < -0.4 is 10.3 Å². The van der Waals surface area contributed by atoms with E-state index in [2.05, 4.69) is 57.9 Å². The molecule has 0 saturated heterocycles. The highest BCUT2D eigenvalue weighted by molar-refractivity contribution is 7.15. The van der Waals surface area contributed by atoms with E-state index in [1.807, 2.05) is 11.3 Å². The second-order valence-corrected chi connectivity index (χ2v) is 8.42. The highest BCUT2D eigenvalue weighted by Crippen LogP contribution is 2.48. The summed E-state index contributed by atoms with van der Waals surface area (Å²) in [6.45, 7) is 9.25. The molecule has 1 N–H and O–H groups in total. The number of anilines is 1. The first-order chi connectivity index (χ1) is 12.0. The Morgan fingerprint density at radius 1 is 1.28 bits per heavy atom. The molecule has 7 nitrogen and oxygen atoms in total. The number of fused-ring (bicyclic) bond motifs is 8. The molecule has 8 heteroatoms. The number of amidine groups is 1. The molecule has 25 heavy (non-hydrogen) atoms. The van der Waals surface area contributed by atoms with Crippen LogP contribution in [0.15, 0.2) is 5.10 Å². The van der Waals surface area contributed by atoms with Crippen LogP contribution in [0, 0.1) is 0 Å². The first kappa shape index (κ1) is 15.3. The number of ether oxygens (including phenoxy) is 1. The molecule has 2 aromatic rings. The van der Waals surface area contributed by atoms with Crippen LogP contribution in [0.1, 0.15) is 62.1 Å². The van der Waals surface area contributed by atoms with E-state index in [-0.39, 0.29) is 11.8 Å². The Hall–Kier alpha value is -1.93. The van der Waals surface area contributed by atoms with Crippen LogP contribution in [0.4, 0.5) is 5.95 Å². The van der Waals surface area contributed by atoms with Gasteiger partial charge in [-0.15, -0.1) is 21.5 Å². The third kappa shape index (κ3) is 1.98. The van der Waals surface area contributed by atoms with Crippen LogP contribution in [0.5, 0.6) is 0 Å². The standard InChI is InChI=1S/C17H22N6OS/c1-5-11-18-20-14-13-9-7-17(3,4)24-8-10(9)25-15(13)23-12(6-2)19-21-16(23)22(11)14/h14,20H,5-8H2,1-4H3. The van der Waals surface area contributed by atoms with E-state index in [0.29, 0.717) is 6.61 Å². The number of hydrazone groups is 1. The molecule has 2 aromatic heterocycles. The van der Waals surface area contributed by atoms with Crippen molar-refractivity contribution in [3.63, 3.8) is 0 Å². The first-order valence-electron chi connectivity index (χ1n) is 8.88. The van der Waals surface area contributed by atoms with Gasteiger partial charge in [0, 0.05) is 29.7 Å². The molecule has 1 atom stereocenters. The van der Waals surface area contributed by atoms with Gasteiger partial charge in [0.2, 0.25) is 5.95 Å². The summed E-state index contributed by atoms with van der Waals surface area (Å²) in [7, 11) is 0. The fraction of sp³-hybridized carbons (Fsp3) is 0.588. The van der Waals surface area contributed by atoms with E-state index in [4.69, 9.17) is 4.74 Å². The van der Waals surface area contributed by atoms with Crippen molar-refractivity contribution >= 4 is 23.1 Å². The number of rotatable bonds is 2. The SMILES string of the molecule is CCC1=NNC2c3c(sc4c3CC(C)(C)OC4)-n3c(CC)nnc3N12. The van der Waals surface area contributed by atoms with Crippen LogP contribution in [0.25, 0.3) is 5.00 Å². The molecular formula is C17H22N6OS. The van der Waals surface area contributed by atoms with E-state index in [1.165, 1.54) is 21.0 Å². The van der Waals surface area contributed by atoms with Crippen LogP contribution in [0.3, 0.4) is 0 Å².